The summed E-state index contributed by atoms with van der Waals surface area (Å²) >= 11 is 1.74. The Morgan fingerprint density at radius 1 is 1.48 bits per heavy atom. The van der Waals surface area contributed by atoms with E-state index in [1.165, 1.54) is 10.4 Å². The lowest BCUT2D eigenvalue weighted by atomic mass is 10.0. The Morgan fingerprint density at radius 3 is 3.00 bits per heavy atom. The van der Waals surface area contributed by atoms with Crippen LogP contribution in [-0.2, 0) is 16.0 Å². The second-order valence-corrected chi connectivity index (χ2v) is 6.37. The van der Waals surface area contributed by atoms with Crippen molar-refractivity contribution in [1.29, 1.82) is 0 Å². The first-order chi connectivity index (χ1) is 10.1. The van der Waals surface area contributed by atoms with Crippen LogP contribution in [0.15, 0.2) is 11.4 Å². The molecule has 2 atom stereocenters. The molecule has 0 aliphatic carbocycles. The first-order valence-corrected chi connectivity index (χ1v) is 7.91. The normalized spacial score (nSPS) is 24.5. The number of urea groups is 1. The standard InChI is InChI=1S/C14H17N3O3S/c1-8-9-5-7-21-11(9)4-6-17(8)12(18)3-2-10-13(19)16-14(20)15-10/h5,7-8,10H,2-4,6H2,1H3,(H2,15,16,19,20)/t8-,10+/m0/s1. The smallest absolute Gasteiger partial charge is 0.322 e. The molecular formula is C14H17N3O3S. The van der Waals surface area contributed by atoms with Crippen LogP contribution in [0.2, 0.25) is 0 Å². The third kappa shape index (κ3) is 2.65. The van der Waals surface area contributed by atoms with Crippen LogP contribution in [0.25, 0.3) is 0 Å². The van der Waals surface area contributed by atoms with E-state index in [0.717, 1.165) is 13.0 Å². The number of imide groups is 1. The topological polar surface area (TPSA) is 78.5 Å². The van der Waals surface area contributed by atoms with Gasteiger partial charge in [0.15, 0.2) is 0 Å². The van der Waals surface area contributed by atoms with Crippen molar-refractivity contribution >= 4 is 29.2 Å². The fourth-order valence-corrected chi connectivity index (χ4v) is 3.89. The lowest BCUT2D eigenvalue weighted by Gasteiger charge is -2.34. The van der Waals surface area contributed by atoms with Crippen LogP contribution >= 0.6 is 11.3 Å². The monoisotopic (exact) mass is 307 g/mol. The number of hydrogen-bond donors (Lipinski definition) is 2. The van der Waals surface area contributed by atoms with E-state index in [2.05, 4.69) is 22.1 Å². The van der Waals surface area contributed by atoms with E-state index in [0.29, 0.717) is 6.42 Å². The zero-order valence-electron chi connectivity index (χ0n) is 11.7. The molecule has 0 saturated carbocycles. The SMILES string of the molecule is C[C@H]1c2ccsc2CCN1C(=O)CC[C@H]1NC(=O)NC1=O. The number of carbonyl (C=O) groups excluding carboxylic acids is 3. The fourth-order valence-electron chi connectivity index (χ4n) is 2.92. The van der Waals surface area contributed by atoms with Crippen LogP contribution in [0.1, 0.15) is 36.2 Å². The summed E-state index contributed by atoms with van der Waals surface area (Å²) in [5.74, 6) is -0.312. The van der Waals surface area contributed by atoms with Gasteiger partial charge in [-0.05, 0) is 36.8 Å². The van der Waals surface area contributed by atoms with Crippen molar-refractivity contribution in [3.05, 3.63) is 21.9 Å². The average molecular weight is 307 g/mol. The molecule has 112 valence electrons. The van der Waals surface area contributed by atoms with Crippen molar-refractivity contribution in [3.63, 3.8) is 0 Å². The second-order valence-electron chi connectivity index (χ2n) is 5.37. The van der Waals surface area contributed by atoms with E-state index >= 15 is 0 Å². The second kappa shape index (κ2) is 5.48. The predicted octanol–water partition coefficient (Wildman–Crippen LogP) is 1.18. The molecule has 0 radical (unpaired) electrons. The van der Waals surface area contributed by atoms with E-state index in [9.17, 15) is 14.4 Å². The first-order valence-electron chi connectivity index (χ1n) is 7.03. The van der Waals surface area contributed by atoms with Crippen molar-refractivity contribution in [2.75, 3.05) is 6.54 Å². The molecule has 3 rings (SSSR count). The largest absolute Gasteiger partial charge is 0.336 e. The Labute approximate surface area is 126 Å². The summed E-state index contributed by atoms with van der Waals surface area (Å²) in [4.78, 5) is 38.1. The Morgan fingerprint density at radius 2 is 2.29 bits per heavy atom. The summed E-state index contributed by atoms with van der Waals surface area (Å²) in [6.45, 7) is 2.75. The van der Waals surface area contributed by atoms with Gasteiger partial charge in [-0.15, -0.1) is 11.3 Å². The van der Waals surface area contributed by atoms with Gasteiger partial charge >= 0.3 is 6.03 Å². The van der Waals surface area contributed by atoms with E-state index in [1.54, 1.807) is 11.3 Å². The van der Waals surface area contributed by atoms with Crippen molar-refractivity contribution in [2.24, 2.45) is 0 Å². The number of amides is 4. The molecule has 0 aromatic carbocycles. The third-order valence-corrected chi connectivity index (χ3v) is 5.10. The molecule has 4 amide bonds. The van der Waals surface area contributed by atoms with E-state index in [-0.39, 0.29) is 24.3 Å². The van der Waals surface area contributed by atoms with Crippen LogP contribution in [-0.4, -0.2) is 35.3 Å². The Bertz CT molecular complexity index is 598. The zero-order chi connectivity index (χ0) is 15.0. The number of nitrogens with one attached hydrogen (secondary N) is 2. The van der Waals surface area contributed by atoms with Gasteiger partial charge in [-0.3, -0.25) is 14.9 Å². The Balaban J connectivity index is 1.59. The lowest BCUT2D eigenvalue weighted by Crippen LogP contribution is -2.39. The molecule has 2 aliphatic rings. The van der Waals surface area contributed by atoms with Crippen molar-refractivity contribution < 1.29 is 14.4 Å². The summed E-state index contributed by atoms with van der Waals surface area (Å²) in [6, 6.07) is 1.10. The molecule has 21 heavy (non-hydrogen) atoms. The number of fused-ring (bicyclic) bond motifs is 1. The summed E-state index contributed by atoms with van der Waals surface area (Å²) in [6.07, 6.45) is 1.50. The van der Waals surface area contributed by atoms with E-state index in [4.69, 9.17) is 0 Å². The summed E-state index contributed by atoms with van der Waals surface area (Å²) in [5, 5.41) is 6.75. The van der Waals surface area contributed by atoms with Gasteiger partial charge in [0.1, 0.15) is 6.04 Å². The van der Waals surface area contributed by atoms with Gasteiger partial charge in [0.05, 0.1) is 6.04 Å². The molecule has 3 heterocycles. The Hall–Kier alpha value is -1.89. The van der Waals surface area contributed by atoms with Crippen molar-refractivity contribution in [3.8, 4) is 0 Å². The molecule has 1 fully saturated rings. The third-order valence-electron chi connectivity index (χ3n) is 4.10. The zero-order valence-corrected chi connectivity index (χ0v) is 12.5. The van der Waals surface area contributed by atoms with Gasteiger partial charge in [-0.1, -0.05) is 0 Å². The molecule has 2 aliphatic heterocycles. The maximum Gasteiger partial charge on any atom is 0.322 e. The van der Waals surface area contributed by atoms with Crippen LogP contribution in [0.5, 0.6) is 0 Å². The minimum Gasteiger partial charge on any atom is -0.336 e. The number of thiophene rings is 1. The van der Waals surface area contributed by atoms with Gasteiger partial charge < -0.3 is 10.2 Å². The molecule has 6 nitrogen and oxygen atoms in total. The lowest BCUT2D eigenvalue weighted by molar-refractivity contribution is -0.134. The molecule has 7 heteroatoms. The molecule has 0 bridgehead atoms. The summed E-state index contributed by atoms with van der Waals surface area (Å²) in [7, 11) is 0. The average Bonchev–Trinajstić information content (AvgIpc) is 3.03. The minimum absolute atomic E-state index is 0.0355. The summed E-state index contributed by atoms with van der Waals surface area (Å²) < 4.78 is 0. The summed E-state index contributed by atoms with van der Waals surface area (Å²) in [5.41, 5.74) is 1.23. The van der Waals surface area contributed by atoms with Gasteiger partial charge in [0, 0.05) is 17.8 Å². The van der Waals surface area contributed by atoms with Crippen LogP contribution < -0.4 is 10.6 Å². The van der Waals surface area contributed by atoms with E-state index in [1.807, 2.05) is 11.8 Å². The van der Waals surface area contributed by atoms with Crippen LogP contribution in [0.3, 0.4) is 0 Å². The van der Waals surface area contributed by atoms with Crippen molar-refractivity contribution in [2.45, 2.75) is 38.3 Å². The number of carbonyl (C=O) groups is 3. The highest BCUT2D eigenvalue weighted by molar-refractivity contribution is 7.10. The number of hydrogen-bond acceptors (Lipinski definition) is 4. The molecule has 0 spiro atoms. The number of nitrogens with zero attached hydrogens (tertiary/aromatic N) is 1. The predicted molar refractivity (Wildman–Crippen MR) is 77.8 cm³/mol. The molecule has 1 aromatic heterocycles. The Kier molecular flexibility index (Phi) is 3.67. The van der Waals surface area contributed by atoms with E-state index < -0.39 is 12.1 Å². The fraction of sp³-hybridized carbons (Fsp3) is 0.500. The van der Waals surface area contributed by atoms with Crippen LogP contribution in [0.4, 0.5) is 4.79 Å². The van der Waals surface area contributed by atoms with Gasteiger partial charge in [0.25, 0.3) is 5.91 Å². The molecular weight excluding hydrogens is 290 g/mol. The number of rotatable bonds is 3. The maximum atomic E-state index is 12.4. The molecule has 1 aromatic rings. The highest BCUT2D eigenvalue weighted by atomic mass is 32.1. The molecule has 1 saturated heterocycles. The quantitative estimate of drug-likeness (QED) is 0.823. The van der Waals surface area contributed by atoms with Gasteiger partial charge in [-0.2, -0.15) is 0 Å². The minimum atomic E-state index is -0.585. The molecule has 2 N–H and O–H groups in total. The van der Waals surface area contributed by atoms with Crippen molar-refractivity contribution in [1.82, 2.24) is 15.5 Å². The van der Waals surface area contributed by atoms with Crippen LogP contribution in [0, 0.1) is 0 Å². The van der Waals surface area contributed by atoms with Gasteiger partial charge in [-0.25, -0.2) is 4.79 Å². The van der Waals surface area contributed by atoms with Gasteiger partial charge in [0.2, 0.25) is 5.91 Å². The maximum absolute atomic E-state index is 12.4. The first kappa shape index (κ1) is 14.1. The highest BCUT2D eigenvalue weighted by Crippen LogP contribution is 2.33. The molecule has 0 unspecified atom stereocenters. The highest BCUT2D eigenvalue weighted by Gasteiger charge is 2.32.